The van der Waals surface area contributed by atoms with Crippen LogP contribution in [0.2, 0.25) is 0 Å². The average Bonchev–Trinajstić information content (AvgIpc) is 3.44. The molecule has 11 nitrogen and oxygen atoms in total. The van der Waals surface area contributed by atoms with Crippen LogP contribution in [0.5, 0.6) is 5.75 Å². The van der Waals surface area contributed by atoms with Crippen LogP contribution in [0, 0.1) is 18.7 Å². The molecule has 0 aliphatic carbocycles. The fourth-order valence-electron chi connectivity index (χ4n) is 5.61. The van der Waals surface area contributed by atoms with Crippen molar-refractivity contribution in [3.05, 3.63) is 71.9 Å². The number of carbonyl (C=O) groups excluding carboxylic acids is 2. The van der Waals surface area contributed by atoms with Gasteiger partial charge >= 0.3 is 0 Å². The molecule has 0 atom stereocenters. The van der Waals surface area contributed by atoms with E-state index < -0.39 is 11.4 Å². The van der Waals surface area contributed by atoms with Gasteiger partial charge in [0.2, 0.25) is 5.91 Å². The van der Waals surface area contributed by atoms with E-state index >= 15 is 0 Å². The van der Waals surface area contributed by atoms with E-state index in [0.29, 0.717) is 67.3 Å². The maximum absolute atomic E-state index is 14.3. The molecule has 4 N–H and O–H groups in total. The lowest BCUT2D eigenvalue weighted by molar-refractivity contribution is -0.128. The predicted molar refractivity (Wildman–Crippen MR) is 159 cm³/mol. The minimum Gasteiger partial charge on any atom is -0.494 e. The Balaban J connectivity index is 1.10. The number of nitrogens with zero attached hydrogens (tertiary/aromatic N) is 4. The molecule has 2 aromatic carbocycles. The second-order valence-electron chi connectivity index (χ2n) is 11.2. The number of aliphatic hydroxyl groups is 1. The molecule has 0 saturated carbocycles. The number of piperidine rings is 1. The van der Waals surface area contributed by atoms with Crippen molar-refractivity contribution in [2.45, 2.75) is 25.4 Å². The Hall–Kier alpha value is -4.55. The highest BCUT2D eigenvalue weighted by atomic mass is 19.1. The van der Waals surface area contributed by atoms with Gasteiger partial charge in [0.1, 0.15) is 5.60 Å². The zero-order valence-electron chi connectivity index (χ0n) is 24.1. The standard InChI is InChI=1S/C31H34FN7O4/c1-19-13-22(37-27-28-35-15-25(39(28)12-9-34-27)21-3-6-26(43-2)24(32)14-21)4-5-23(19)30(41)38-10-7-20(8-11-38)29(40)36-18-31(42)16-33-17-31/h3-6,9,12-15,20,33,42H,7-8,10-11,16-18H2,1-2H3,(H,34,37)(H,36,40). The number of likely N-dealkylation sites (tertiary alicyclic amines) is 1. The quantitative estimate of drug-likeness (QED) is 0.247. The molecule has 0 radical (unpaired) electrons. The summed E-state index contributed by atoms with van der Waals surface area (Å²) in [4.78, 5) is 36.7. The van der Waals surface area contributed by atoms with Gasteiger partial charge in [-0.3, -0.25) is 14.0 Å². The summed E-state index contributed by atoms with van der Waals surface area (Å²) < 4.78 is 21.2. The number of halogens is 1. The van der Waals surface area contributed by atoms with Gasteiger partial charge < -0.3 is 30.7 Å². The van der Waals surface area contributed by atoms with Crippen molar-refractivity contribution in [2.75, 3.05) is 45.2 Å². The van der Waals surface area contributed by atoms with Crippen molar-refractivity contribution < 1.29 is 23.8 Å². The van der Waals surface area contributed by atoms with Crippen molar-refractivity contribution in [3.63, 3.8) is 0 Å². The lowest BCUT2D eigenvalue weighted by Gasteiger charge is -2.38. The SMILES string of the molecule is COc1ccc(-c2cnc3c(Nc4ccc(C(=O)N5CCC(C(=O)NCC6(O)CNC6)CC5)c(C)c4)nccn23)cc1F. The Bertz CT molecular complexity index is 1680. The fourth-order valence-corrected chi connectivity index (χ4v) is 5.61. The Labute approximate surface area is 248 Å². The fraction of sp³-hybridized carbons (Fsp3) is 0.355. The zero-order chi connectivity index (χ0) is 30.1. The molecule has 2 aromatic heterocycles. The first-order valence-corrected chi connectivity index (χ1v) is 14.3. The van der Waals surface area contributed by atoms with E-state index in [1.165, 1.54) is 13.2 Å². The number of aromatic nitrogens is 3. The summed E-state index contributed by atoms with van der Waals surface area (Å²) in [6.45, 7) is 4.09. The number of methoxy groups -OCH3 is 1. The van der Waals surface area contributed by atoms with Gasteiger partial charge in [-0.05, 0) is 61.7 Å². The Morgan fingerprint density at radius 3 is 2.63 bits per heavy atom. The number of benzene rings is 2. The van der Waals surface area contributed by atoms with E-state index in [9.17, 15) is 19.1 Å². The molecule has 12 heteroatoms. The highest BCUT2D eigenvalue weighted by Gasteiger charge is 2.36. The molecule has 0 unspecified atom stereocenters. The van der Waals surface area contributed by atoms with E-state index in [1.54, 1.807) is 41.7 Å². The molecule has 2 amide bonds. The summed E-state index contributed by atoms with van der Waals surface area (Å²) in [5, 5.41) is 19.4. The summed E-state index contributed by atoms with van der Waals surface area (Å²) in [6, 6.07) is 10.3. The number of hydrogen-bond acceptors (Lipinski definition) is 8. The molecule has 2 aliphatic heterocycles. The van der Waals surface area contributed by atoms with Gasteiger partial charge in [0.25, 0.3) is 5.91 Å². The van der Waals surface area contributed by atoms with Crippen LogP contribution in [0.4, 0.5) is 15.9 Å². The molecule has 0 spiro atoms. The number of ether oxygens (including phenoxy) is 1. The van der Waals surface area contributed by atoms with Crippen LogP contribution < -0.4 is 20.7 Å². The van der Waals surface area contributed by atoms with Gasteiger partial charge in [0.05, 0.1) is 19.0 Å². The summed E-state index contributed by atoms with van der Waals surface area (Å²) in [5.74, 6) is -0.0755. The maximum Gasteiger partial charge on any atom is 0.254 e. The lowest BCUT2D eigenvalue weighted by Crippen LogP contribution is -2.64. The van der Waals surface area contributed by atoms with Crippen LogP contribution >= 0.6 is 0 Å². The Morgan fingerprint density at radius 2 is 1.95 bits per heavy atom. The second-order valence-corrected chi connectivity index (χ2v) is 11.2. The van der Waals surface area contributed by atoms with E-state index in [2.05, 4.69) is 25.9 Å². The minimum atomic E-state index is -0.854. The zero-order valence-corrected chi connectivity index (χ0v) is 24.1. The molecule has 43 heavy (non-hydrogen) atoms. The number of nitrogens with one attached hydrogen (secondary N) is 3. The summed E-state index contributed by atoms with van der Waals surface area (Å²) in [6.07, 6.45) is 6.23. The van der Waals surface area contributed by atoms with E-state index in [4.69, 9.17) is 4.74 Å². The number of carbonyl (C=O) groups is 2. The molecule has 2 fully saturated rings. The monoisotopic (exact) mass is 587 g/mol. The van der Waals surface area contributed by atoms with E-state index in [1.807, 2.05) is 23.5 Å². The number of amides is 2. The molecule has 4 heterocycles. The Kier molecular flexibility index (Phi) is 7.72. The topological polar surface area (TPSA) is 133 Å². The predicted octanol–water partition coefficient (Wildman–Crippen LogP) is 2.90. The van der Waals surface area contributed by atoms with E-state index in [-0.39, 0.29) is 30.0 Å². The van der Waals surface area contributed by atoms with Gasteiger partial charge in [-0.25, -0.2) is 14.4 Å². The summed E-state index contributed by atoms with van der Waals surface area (Å²) >= 11 is 0. The van der Waals surface area contributed by atoms with Crippen molar-refractivity contribution in [1.29, 1.82) is 0 Å². The largest absolute Gasteiger partial charge is 0.494 e. The van der Waals surface area contributed by atoms with Gasteiger partial charge in [-0.15, -0.1) is 0 Å². The number of rotatable bonds is 8. The van der Waals surface area contributed by atoms with Crippen molar-refractivity contribution >= 4 is 29.0 Å². The molecular weight excluding hydrogens is 553 g/mol. The van der Waals surface area contributed by atoms with Crippen LogP contribution in [0.1, 0.15) is 28.8 Å². The highest BCUT2D eigenvalue weighted by molar-refractivity contribution is 5.96. The van der Waals surface area contributed by atoms with Crippen LogP contribution in [-0.4, -0.2) is 81.6 Å². The lowest BCUT2D eigenvalue weighted by atomic mass is 9.93. The smallest absolute Gasteiger partial charge is 0.254 e. The highest BCUT2D eigenvalue weighted by Crippen LogP contribution is 2.29. The van der Waals surface area contributed by atoms with Crippen LogP contribution in [0.3, 0.4) is 0 Å². The summed E-state index contributed by atoms with van der Waals surface area (Å²) in [7, 11) is 1.42. The molecule has 4 aromatic rings. The van der Waals surface area contributed by atoms with Crippen LogP contribution in [-0.2, 0) is 4.79 Å². The Morgan fingerprint density at radius 1 is 1.16 bits per heavy atom. The molecular formula is C31H34FN7O4. The number of fused-ring (bicyclic) bond motifs is 1. The minimum absolute atomic E-state index is 0.0663. The number of imidazole rings is 1. The molecule has 2 saturated heterocycles. The molecule has 224 valence electrons. The second kappa shape index (κ2) is 11.6. The number of aryl methyl sites for hydroxylation is 1. The van der Waals surface area contributed by atoms with Crippen LogP contribution in [0.25, 0.3) is 16.9 Å². The van der Waals surface area contributed by atoms with Gasteiger partial charge in [0, 0.05) is 67.8 Å². The first-order chi connectivity index (χ1) is 20.7. The van der Waals surface area contributed by atoms with Crippen LogP contribution in [0.15, 0.2) is 55.0 Å². The third-order valence-corrected chi connectivity index (χ3v) is 8.25. The average molecular weight is 588 g/mol. The third kappa shape index (κ3) is 5.75. The van der Waals surface area contributed by atoms with Crippen molar-refractivity contribution in [2.24, 2.45) is 5.92 Å². The normalized spacial score (nSPS) is 16.5. The van der Waals surface area contributed by atoms with Crippen molar-refractivity contribution in [1.82, 2.24) is 29.9 Å². The number of hydrogen-bond donors (Lipinski definition) is 4. The number of β-amino-alcohol motifs (C(OH)–C–C–N with tert-alkyl or cyclic N) is 1. The molecule has 2 aliphatic rings. The first kappa shape index (κ1) is 28.6. The third-order valence-electron chi connectivity index (χ3n) is 8.25. The summed E-state index contributed by atoms with van der Waals surface area (Å²) in [5.41, 5.74) is 3.22. The van der Waals surface area contributed by atoms with Gasteiger partial charge in [-0.2, -0.15) is 0 Å². The molecule has 6 rings (SSSR count). The van der Waals surface area contributed by atoms with Gasteiger partial charge in [-0.1, -0.05) is 0 Å². The molecule has 0 bridgehead atoms. The van der Waals surface area contributed by atoms with E-state index in [0.717, 1.165) is 11.3 Å². The van der Waals surface area contributed by atoms with Crippen molar-refractivity contribution in [3.8, 4) is 17.0 Å². The van der Waals surface area contributed by atoms with Gasteiger partial charge in [0.15, 0.2) is 23.0 Å². The maximum atomic E-state index is 14.3. The number of anilines is 2. The first-order valence-electron chi connectivity index (χ1n) is 14.3.